The van der Waals surface area contributed by atoms with E-state index in [1.54, 1.807) is 6.07 Å². The summed E-state index contributed by atoms with van der Waals surface area (Å²) in [6.07, 6.45) is 0.360. The van der Waals surface area contributed by atoms with Gasteiger partial charge in [-0.15, -0.1) is 0 Å². The van der Waals surface area contributed by atoms with Gasteiger partial charge >= 0.3 is 0 Å². The van der Waals surface area contributed by atoms with Gasteiger partial charge in [0.15, 0.2) is 5.82 Å². The Morgan fingerprint density at radius 3 is 2.71 bits per heavy atom. The number of hydrogen-bond acceptors (Lipinski definition) is 4. The molecule has 1 heterocycles. The van der Waals surface area contributed by atoms with Gasteiger partial charge in [0.25, 0.3) is 5.89 Å². The molecule has 0 saturated carbocycles. The van der Waals surface area contributed by atoms with Crippen molar-refractivity contribution in [2.45, 2.75) is 6.42 Å². The number of phenols is 1. The van der Waals surface area contributed by atoms with E-state index in [0.29, 0.717) is 17.3 Å². The van der Waals surface area contributed by atoms with Crippen LogP contribution in [0.5, 0.6) is 5.75 Å². The molecule has 21 heavy (non-hydrogen) atoms. The fraction of sp³-hybridized carbons (Fsp3) is 0.0667. The van der Waals surface area contributed by atoms with Crippen LogP contribution in [0.1, 0.15) is 11.4 Å². The van der Waals surface area contributed by atoms with Gasteiger partial charge in [-0.3, -0.25) is 0 Å². The molecule has 0 unspecified atom stereocenters. The molecule has 2 aromatic carbocycles. The summed E-state index contributed by atoms with van der Waals surface area (Å²) in [5, 5.41) is 14.1. The molecule has 0 radical (unpaired) electrons. The zero-order valence-electron chi connectivity index (χ0n) is 10.8. The third-order valence-electron chi connectivity index (χ3n) is 2.98. The van der Waals surface area contributed by atoms with Crippen LogP contribution in [0.2, 0.25) is 5.02 Å². The van der Waals surface area contributed by atoms with Crippen molar-refractivity contribution in [3.8, 4) is 17.2 Å². The van der Waals surface area contributed by atoms with Gasteiger partial charge in [-0.25, -0.2) is 4.39 Å². The van der Waals surface area contributed by atoms with Crippen LogP contribution in [0.25, 0.3) is 11.5 Å². The van der Waals surface area contributed by atoms with Gasteiger partial charge < -0.3 is 9.63 Å². The molecule has 0 saturated heterocycles. The average molecular weight is 305 g/mol. The lowest BCUT2D eigenvalue weighted by atomic mass is 10.1. The van der Waals surface area contributed by atoms with Gasteiger partial charge in [0.2, 0.25) is 0 Å². The maximum absolute atomic E-state index is 13.7. The van der Waals surface area contributed by atoms with Crippen molar-refractivity contribution >= 4 is 11.6 Å². The Balaban J connectivity index is 1.92. The molecule has 0 fully saturated rings. The van der Waals surface area contributed by atoms with E-state index in [0.717, 1.165) is 5.56 Å². The van der Waals surface area contributed by atoms with Gasteiger partial charge in [0.1, 0.15) is 17.1 Å². The Labute approximate surface area is 124 Å². The minimum absolute atomic E-state index is 0.0624. The molecule has 4 nitrogen and oxygen atoms in total. The smallest absolute Gasteiger partial charge is 0.264 e. The van der Waals surface area contributed by atoms with Crippen LogP contribution in [0, 0.1) is 5.82 Å². The van der Waals surface area contributed by atoms with E-state index < -0.39 is 5.82 Å². The lowest BCUT2D eigenvalue weighted by Gasteiger charge is -2.00. The zero-order chi connectivity index (χ0) is 14.8. The standard InChI is InChI=1S/C15H10ClFN2O2/c16-10-5-2-1-4-9(10)8-13-18-15(21-19-13)14-11(17)6-3-7-12(14)20/h1-7,20H,8H2. The number of aromatic hydroxyl groups is 1. The minimum Gasteiger partial charge on any atom is -0.507 e. The second kappa shape index (κ2) is 5.54. The normalized spacial score (nSPS) is 10.8. The van der Waals surface area contributed by atoms with E-state index >= 15 is 0 Å². The van der Waals surface area contributed by atoms with Crippen LogP contribution < -0.4 is 0 Å². The molecule has 3 rings (SSSR count). The number of hydrogen-bond donors (Lipinski definition) is 1. The highest BCUT2D eigenvalue weighted by atomic mass is 35.5. The van der Waals surface area contributed by atoms with Crippen molar-refractivity contribution in [3.05, 3.63) is 64.7 Å². The van der Waals surface area contributed by atoms with Crippen LogP contribution in [0.4, 0.5) is 4.39 Å². The highest BCUT2D eigenvalue weighted by Crippen LogP contribution is 2.30. The topological polar surface area (TPSA) is 59.2 Å². The molecule has 0 aliphatic heterocycles. The Bertz CT molecular complexity index is 769. The summed E-state index contributed by atoms with van der Waals surface area (Å²) in [5.41, 5.74) is 0.736. The van der Waals surface area contributed by atoms with Crippen LogP contribution in [0.3, 0.4) is 0 Å². The monoisotopic (exact) mass is 304 g/mol. The second-order valence-electron chi connectivity index (χ2n) is 4.42. The predicted octanol–water partition coefficient (Wildman–Crippen LogP) is 3.83. The molecule has 0 aliphatic carbocycles. The van der Waals surface area contributed by atoms with Crippen LogP contribution in [0.15, 0.2) is 47.0 Å². The number of rotatable bonds is 3. The quantitative estimate of drug-likeness (QED) is 0.799. The molecule has 0 spiro atoms. The number of phenolic OH excluding ortho intramolecular Hbond substituents is 1. The number of halogens is 2. The largest absolute Gasteiger partial charge is 0.507 e. The fourth-order valence-electron chi connectivity index (χ4n) is 1.96. The summed E-state index contributed by atoms with van der Waals surface area (Å²) in [7, 11) is 0. The van der Waals surface area contributed by atoms with Crippen molar-refractivity contribution in [2.24, 2.45) is 0 Å². The van der Waals surface area contributed by atoms with Crippen molar-refractivity contribution < 1.29 is 14.0 Å². The molecule has 1 N–H and O–H groups in total. The summed E-state index contributed by atoms with van der Waals surface area (Å²) < 4.78 is 18.7. The Kier molecular flexibility index (Phi) is 3.58. The van der Waals surface area contributed by atoms with Gasteiger partial charge in [-0.05, 0) is 23.8 Å². The second-order valence-corrected chi connectivity index (χ2v) is 4.83. The fourth-order valence-corrected chi connectivity index (χ4v) is 2.17. The van der Waals surface area contributed by atoms with E-state index in [1.165, 1.54) is 18.2 Å². The van der Waals surface area contributed by atoms with Crippen molar-refractivity contribution in [3.63, 3.8) is 0 Å². The summed E-state index contributed by atoms with van der Waals surface area (Å²) in [6, 6.07) is 11.3. The molecule has 106 valence electrons. The van der Waals surface area contributed by atoms with E-state index in [2.05, 4.69) is 10.1 Å². The zero-order valence-corrected chi connectivity index (χ0v) is 11.5. The lowest BCUT2D eigenvalue weighted by molar-refractivity contribution is 0.415. The van der Waals surface area contributed by atoms with Crippen LogP contribution in [-0.4, -0.2) is 15.2 Å². The first-order chi connectivity index (χ1) is 10.1. The predicted molar refractivity (Wildman–Crippen MR) is 75.6 cm³/mol. The molecule has 0 aliphatic rings. The van der Waals surface area contributed by atoms with E-state index in [-0.39, 0.29) is 17.2 Å². The van der Waals surface area contributed by atoms with E-state index in [4.69, 9.17) is 16.1 Å². The van der Waals surface area contributed by atoms with E-state index in [9.17, 15) is 9.50 Å². The Morgan fingerprint density at radius 2 is 1.95 bits per heavy atom. The molecular weight excluding hydrogens is 295 g/mol. The molecule has 3 aromatic rings. The molecule has 1 aromatic heterocycles. The first-order valence-electron chi connectivity index (χ1n) is 6.19. The third kappa shape index (κ3) is 2.73. The van der Waals surface area contributed by atoms with Gasteiger partial charge in [0.05, 0.1) is 0 Å². The number of nitrogens with zero attached hydrogens (tertiary/aromatic N) is 2. The first kappa shape index (κ1) is 13.6. The Hall–Kier alpha value is -2.40. The van der Waals surface area contributed by atoms with Gasteiger partial charge in [-0.1, -0.05) is 41.0 Å². The molecular formula is C15H10ClFN2O2. The van der Waals surface area contributed by atoms with Crippen LogP contribution in [-0.2, 0) is 6.42 Å². The SMILES string of the molecule is Oc1cccc(F)c1-c1nc(Cc2ccccc2Cl)no1. The maximum Gasteiger partial charge on any atom is 0.264 e. The molecule has 0 atom stereocenters. The Morgan fingerprint density at radius 1 is 1.14 bits per heavy atom. The molecule has 0 bridgehead atoms. The minimum atomic E-state index is -0.622. The number of aromatic nitrogens is 2. The van der Waals surface area contributed by atoms with Gasteiger partial charge in [0, 0.05) is 11.4 Å². The van der Waals surface area contributed by atoms with E-state index in [1.807, 2.05) is 18.2 Å². The summed E-state index contributed by atoms with van der Waals surface area (Å²) in [4.78, 5) is 4.10. The highest BCUT2D eigenvalue weighted by molar-refractivity contribution is 6.31. The van der Waals surface area contributed by atoms with Crippen LogP contribution >= 0.6 is 11.6 Å². The lowest BCUT2D eigenvalue weighted by Crippen LogP contribution is -1.92. The summed E-state index contributed by atoms with van der Waals surface area (Å²) >= 11 is 6.06. The average Bonchev–Trinajstić information content (AvgIpc) is 2.89. The summed E-state index contributed by atoms with van der Waals surface area (Å²) in [6.45, 7) is 0. The molecule has 0 amide bonds. The summed E-state index contributed by atoms with van der Waals surface area (Å²) in [5.74, 6) is -0.570. The van der Waals surface area contributed by atoms with Crippen molar-refractivity contribution in [2.75, 3.05) is 0 Å². The number of benzene rings is 2. The third-order valence-corrected chi connectivity index (χ3v) is 3.35. The van der Waals surface area contributed by atoms with Gasteiger partial charge in [-0.2, -0.15) is 4.98 Å². The molecule has 6 heteroatoms. The van der Waals surface area contributed by atoms with Crippen molar-refractivity contribution in [1.29, 1.82) is 0 Å². The highest BCUT2D eigenvalue weighted by Gasteiger charge is 2.17. The first-order valence-corrected chi connectivity index (χ1v) is 6.57. The maximum atomic E-state index is 13.7. The van der Waals surface area contributed by atoms with Crippen molar-refractivity contribution in [1.82, 2.24) is 10.1 Å².